The summed E-state index contributed by atoms with van der Waals surface area (Å²) < 4.78 is 14.8. The molecule has 0 N–H and O–H groups in total. The van der Waals surface area contributed by atoms with E-state index in [1.54, 1.807) is 29.9 Å². The maximum absolute atomic E-state index is 6.21. The number of thiophene rings is 1. The zero-order valence-corrected chi connectivity index (χ0v) is 21.1. The lowest BCUT2D eigenvalue weighted by molar-refractivity contribution is 0.667. The first kappa shape index (κ1) is 20.9. The number of nitrogens with zero attached hydrogens (tertiary/aromatic N) is 4. The summed E-state index contributed by atoms with van der Waals surface area (Å²) in [5, 5.41) is 4.37. The van der Waals surface area contributed by atoms with Crippen molar-refractivity contribution in [1.82, 2.24) is 19.9 Å². The highest BCUT2D eigenvalue weighted by Gasteiger charge is 2.17. The van der Waals surface area contributed by atoms with Crippen LogP contribution in [0.2, 0.25) is 0 Å². The molecule has 7 heterocycles. The smallest absolute Gasteiger partial charge is 0.161 e. The molecule has 0 atom stereocenters. The summed E-state index contributed by atoms with van der Waals surface area (Å²) in [5.74, 6) is 0. The first-order valence-electron chi connectivity index (χ1n) is 12.5. The topological polar surface area (TPSA) is 77.8 Å². The van der Waals surface area contributed by atoms with Gasteiger partial charge in [-0.3, -0.25) is 19.9 Å². The molecule has 0 aliphatic rings. The SMILES string of the molecule is c1cc2c(cn1)oc1c(-c3ccc4c(c3)sc3cc(-c5ccnc6c5oc5ccncc56)ccc34)ccnc12. The average Bonchev–Trinajstić information content (AvgIpc) is 3.67. The maximum atomic E-state index is 6.21. The van der Waals surface area contributed by atoms with Crippen molar-refractivity contribution in [2.24, 2.45) is 0 Å². The van der Waals surface area contributed by atoms with Gasteiger partial charge in [0.05, 0.1) is 11.6 Å². The van der Waals surface area contributed by atoms with Crippen molar-refractivity contribution in [1.29, 1.82) is 0 Å². The molecule has 39 heavy (non-hydrogen) atoms. The van der Waals surface area contributed by atoms with Crippen LogP contribution in [0.15, 0.2) is 107 Å². The van der Waals surface area contributed by atoms with Crippen molar-refractivity contribution in [3.8, 4) is 22.3 Å². The first-order valence-corrected chi connectivity index (χ1v) is 13.3. The van der Waals surface area contributed by atoms with Gasteiger partial charge >= 0.3 is 0 Å². The quantitative estimate of drug-likeness (QED) is 0.227. The van der Waals surface area contributed by atoms with E-state index in [2.05, 4.69) is 56.3 Å². The lowest BCUT2D eigenvalue weighted by atomic mass is 10.0. The summed E-state index contributed by atoms with van der Waals surface area (Å²) in [5.41, 5.74) is 9.04. The number of aromatic nitrogens is 4. The second kappa shape index (κ2) is 7.69. The van der Waals surface area contributed by atoms with Gasteiger partial charge in [0.25, 0.3) is 0 Å². The molecule has 9 aromatic rings. The molecule has 7 heteroatoms. The highest BCUT2D eigenvalue weighted by Crippen LogP contribution is 2.41. The number of pyridine rings is 4. The third kappa shape index (κ3) is 2.96. The highest BCUT2D eigenvalue weighted by atomic mass is 32.1. The molecule has 0 unspecified atom stereocenters. The Morgan fingerprint density at radius 2 is 1.13 bits per heavy atom. The highest BCUT2D eigenvalue weighted by molar-refractivity contribution is 7.25. The van der Waals surface area contributed by atoms with E-state index in [-0.39, 0.29) is 0 Å². The van der Waals surface area contributed by atoms with E-state index in [0.717, 1.165) is 66.4 Å². The number of fused-ring (bicyclic) bond motifs is 9. The van der Waals surface area contributed by atoms with Crippen LogP contribution in [0.5, 0.6) is 0 Å². The van der Waals surface area contributed by atoms with Crippen LogP contribution in [-0.4, -0.2) is 19.9 Å². The molecule has 0 fully saturated rings. The Hall–Kier alpha value is -5.14. The lowest BCUT2D eigenvalue weighted by Crippen LogP contribution is -1.82. The third-order valence-corrected chi connectivity index (χ3v) is 8.52. The number of hydrogen-bond acceptors (Lipinski definition) is 7. The number of furan rings is 2. The summed E-state index contributed by atoms with van der Waals surface area (Å²) in [6.07, 6.45) is 10.7. The van der Waals surface area contributed by atoms with E-state index in [0.29, 0.717) is 0 Å². The normalized spacial score (nSPS) is 12.1. The van der Waals surface area contributed by atoms with Gasteiger partial charge in [-0.1, -0.05) is 24.3 Å². The van der Waals surface area contributed by atoms with Crippen LogP contribution in [0.1, 0.15) is 0 Å². The average molecular weight is 521 g/mol. The van der Waals surface area contributed by atoms with Crippen LogP contribution >= 0.6 is 11.3 Å². The zero-order valence-electron chi connectivity index (χ0n) is 20.3. The van der Waals surface area contributed by atoms with Crippen LogP contribution in [0.25, 0.3) is 86.6 Å². The monoisotopic (exact) mass is 520 g/mol. The molecule has 0 amide bonds. The lowest BCUT2D eigenvalue weighted by Gasteiger charge is -2.03. The second-order valence-electron chi connectivity index (χ2n) is 9.54. The summed E-state index contributed by atoms with van der Waals surface area (Å²) >= 11 is 1.79. The Morgan fingerprint density at radius 3 is 1.85 bits per heavy atom. The van der Waals surface area contributed by atoms with E-state index in [1.165, 1.54) is 20.2 Å². The molecule has 0 bridgehead atoms. The molecular weight excluding hydrogens is 504 g/mol. The molecule has 2 aromatic carbocycles. The zero-order chi connectivity index (χ0) is 25.5. The molecular formula is C32H16N4O2S. The van der Waals surface area contributed by atoms with Gasteiger partial charge in [-0.15, -0.1) is 11.3 Å². The van der Waals surface area contributed by atoms with Crippen LogP contribution < -0.4 is 0 Å². The maximum Gasteiger partial charge on any atom is 0.161 e. The van der Waals surface area contributed by atoms with E-state index in [4.69, 9.17) is 8.83 Å². The molecule has 6 nitrogen and oxygen atoms in total. The predicted molar refractivity (Wildman–Crippen MR) is 156 cm³/mol. The number of benzene rings is 2. The van der Waals surface area contributed by atoms with Gasteiger partial charge in [0.1, 0.15) is 16.6 Å². The minimum Gasteiger partial charge on any atom is -0.454 e. The molecule has 0 radical (unpaired) electrons. The van der Waals surface area contributed by atoms with E-state index < -0.39 is 0 Å². The third-order valence-electron chi connectivity index (χ3n) is 7.40. The second-order valence-corrected chi connectivity index (χ2v) is 10.6. The minimum absolute atomic E-state index is 0.744. The Bertz CT molecular complexity index is 2250. The van der Waals surface area contributed by atoms with Crippen LogP contribution in [0, 0.1) is 0 Å². The van der Waals surface area contributed by atoms with Gasteiger partial charge in [0.2, 0.25) is 0 Å². The van der Waals surface area contributed by atoms with Crippen molar-refractivity contribution in [3.05, 3.63) is 97.8 Å². The molecule has 0 saturated carbocycles. The molecule has 0 aliphatic heterocycles. The summed E-state index contributed by atoms with van der Waals surface area (Å²) in [6.45, 7) is 0. The largest absolute Gasteiger partial charge is 0.454 e. The summed E-state index contributed by atoms with van der Waals surface area (Å²) in [6, 6.07) is 21.1. The molecule has 0 spiro atoms. The molecule has 182 valence electrons. The predicted octanol–water partition coefficient (Wildman–Crippen LogP) is 8.77. The van der Waals surface area contributed by atoms with Gasteiger partial charge in [0.15, 0.2) is 16.7 Å². The van der Waals surface area contributed by atoms with Gasteiger partial charge in [-0.05, 0) is 47.5 Å². The molecule has 0 aliphatic carbocycles. The Balaban J connectivity index is 1.21. The van der Waals surface area contributed by atoms with Gasteiger partial charge in [-0.2, -0.15) is 0 Å². The van der Waals surface area contributed by atoms with E-state index in [9.17, 15) is 0 Å². The fraction of sp³-hybridized carbons (Fsp3) is 0. The Labute approximate surface area is 224 Å². The van der Waals surface area contributed by atoms with E-state index >= 15 is 0 Å². The minimum atomic E-state index is 0.744. The first-order chi connectivity index (χ1) is 19.3. The van der Waals surface area contributed by atoms with Gasteiger partial charge < -0.3 is 8.83 Å². The molecule has 9 rings (SSSR count). The van der Waals surface area contributed by atoms with Crippen molar-refractivity contribution < 1.29 is 8.83 Å². The number of rotatable bonds is 2. The van der Waals surface area contributed by atoms with Gasteiger partial charge in [-0.25, -0.2) is 0 Å². The van der Waals surface area contributed by atoms with Crippen LogP contribution in [0.4, 0.5) is 0 Å². The van der Waals surface area contributed by atoms with Crippen molar-refractivity contribution in [3.63, 3.8) is 0 Å². The Kier molecular flexibility index (Phi) is 4.11. The van der Waals surface area contributed by atoms with Crippen molar-refractivity contribution >= 4 is 75.6 Å². The Morgan fingerprint density at radius 1 is 0.513 bits per heavy atom. The van der Waals surface area contributed by atoms with E-state index in [1.807, 2.05) is 42.9 Å². The fourth-order valence-corrected chi connectivity index (χ4v) is 6.76. The van der Waals surface area contributed by atoms with Gasteiger partial charge in [0, 0.05) is 67.7 Å². The molecule has 0 saturated heterocycles. The van der Waals surface area contributed by atoms with Crippen LogP contribution in [0.3, 0.4) is 0 Å². The summed E-state index contributed by atoms with van der Waals surface area (Å²) in [7, 11) is 0. The molecule has 7 aromatic heterocycles. The number of hydrogen-bond donors (Lipinski definition) is 0. The standard InChI is InChI=1S/C32H16N4O2S/c1-3-21-22-4-2-18(20-7-12-36-30-24-15-33-10-8-25(24)37-32(20)30)14-28(22)39-27(21)13-17(1)19-6-11-35-29-23-5-9-34-16-26(23)38-31(19)29/h1-16H. The fourth-order valence-electron chi connectivity index (χ4n) is 5.58. The van der Waals surface area contributed by atoms with Crippen molar-refractivity contribution in [2.75, 3.05) is 0 Å². The van der Waals surface area contributed by atoms with Crippen molar-refractivity contribution in [2.45, 2.75) is 0 Å². The summed E-state index contributed by atoms with van der Waals surface area (Å²) in [4.78, 5) is 17.6. The van der Waals surface area contributed by atoms with Crippen LogP contribution in [-0.2, 0) is 0 Å².